The summed E-state index contributed by atoms with van der Waals surface area (Å²) >= 11 is 0. The van der Waals surface area contributed by atoms with Gasteiger partial charge < -0.3 is 20.1 Å². The van der Waals surface area contributed by atoms with E-state index in [-0.39, 0.29) is 18.7 Å². The van der Waals surface area contributed by atoms with Crippen molar-refractivity contribution in [1.29, 1.82) is 0 Å². The Labute approximate surface area is 161 Å². The molecule has 8 heteroatoms. The van der Waals surface area contributed by atoms with Gasteiger partial charge in [-0.15, -0.1) is 0 Å². The van der Waals surface area contributed by atoms with Crippen molar-refractivity contribution in [3.05, 3.63) is 35.5 Å². The molecule has 0 spiro atoms. The maximum absolute atomic E-state index is 13.3. The van der Waals surface area contributed by atoms with Gasteiger partial charge in [-0.25, -0.2) is 4.79 Å². The Hall–Kier alpha value is -2.87. The number of benzene rings is 1. The SMILES string of the molecule is CC1(C)N2Cc3[nH]c4ccccc4c3C[C@H]2C(=O)N1[C@@H](CCC(=O)O)C(=O)O. The minimum absolute atomic E-state index is 0.116. The minimum atomic E-state index is -1.17. The highest BCUT2D eigenvalue weighted by Crippen LogP contribution is 2.41. The number of aliphatic carboxylic acids is 2. The third kappa shape index (κ3) is 2.67. The first-order valence-corrected chi connectivity index (χ1v) is 9.34. The normalized spacial score (nSPS) is 22.1. The zero-order valence-electron chi connectivity index (χ0n) is 15.8. The molecule has 2 atom stereocenters. The number of nitrogens with zero attached hydrogens (tertiary/aromatic N) is 2. The second-order valence-corrected chi connectivity index (χ2v) is 7.96. The first-order valence-electron chi connectivity index (χ1n) is 9.34. The van der Waals surface area contributed by atoms with Crippen LogP contribution in [-0.2, 0) is 27.3 Å². The Bertz CT molecular complexity index is 979. The maximum Gasteiger partial charge on any atom is 0.326 e. The number of fused-ring (bicyclic) bond motifs is 4. The Morgan fingerprint density at radius 2 is 2.00 bits per heavy atom. The fourth-order valence-corrected chi connectivity index (χ4v) is 4.73. The van der Waals surface area contributed by atoms with Gasteiger partial charge in [0.15, 0.2) is 0 Å². The van der Waals surface area contributed by atoms with E-state index in [1.165, 1.54) is 4.90 Å². The van der Waals surface area contributed by atoms with Crippen molar-refractivity contribution in [1.82, 2.24) is 14.8 Å². The van der Waals surface area contributed by atoms with E-state index >= 15 is 0 Å². The lowest BCUT2D eigenvalue weighted by Crippen LogP contribution is -2.56. The number of amides is 1. The van der Waals surface area contributed by atoms with E-state index in [2.05, 4.69) is 4.98 Å². The van der Waals surface area contributed by atoms with Crippen molar-refractivity contribution in [2.45, 2.75) is 57.4 Å². The van der Waals surface area contributed by atoms with Crippen LogP contribution in [0.15, 0.2) is 24.3 Å². The number of carbonyl (C=O) groups is 3. The number of H-pyrrole nitrogens is 1. The number of carboxylic acid groups (broad SMARTS) is 2. The van der Waals surface area contributed by atoms with Crippen LogP contribution in [0.25, 0.3) is 10.9 Å². The lowest BCUT2D eigenvalue weighted by Gasteiger charge is -2.42. The van der Waals surface area contributed by atoms with Crippen LogP contribution in [0.3, 0.4) is 0 Å². The molecule has 4 rings (SSSR count). The van der Waals surface area contributed by atoms with Gasteiger partial charge in [0.25, 0.3) is 0 Å². The Morgan fingerprint density at radius 1 is 1.29 bits per heavy atom. The summed E-state index contributed by atoms with van der Waals surface area (Å²) in [4.78, 5) is 42.9. The predicted molar refractivity (Wildman–Crippen MR) is 101 cm³/mol. The first-order chi connectivity index (χ1) is 13.2. The molecule has 1 aromatic heterocycles. The molecule has 0 aliphatic carbocycles. The van der Waals surface area contributed by atoms with Crippen molar-refractivity contribution in [2.24, 2.45) is 0 Å². The second kappa shape index (κ2) is 6.34. The lowest BCUT2D eigenvalue weighted by atomic mass is 9.96. The van der Waals surface area contributed by atoms with E-state index in [9.17, 15) is 19.5 Å². The molecule has 3 heterocycles. The smallest absolute Gasteiger partial charge is 0.326 e. The minimum Gasteiger partial charge on any atom is -0.481 e. The molecule has 8 nitrogen and oxygen atoms in total. The third-order valence-corrected chi connectivity index (χ3v) is 6.05. The summed E-state index contributed by atoms with van der Waals surface area (Å²) in [7, 11) is 0. The van der Waals surface area contributed by atoms with Crippen molar-refractivity contribution < 1.29 is 24.6 Å². The Balaban J connectivity index is 1.70. The molecule has 0 bridgehead atoms. The fourth-order valence-electron chi connectivity index (χ4n) is 4.73. The fraction of sp³-hybridized carbons (Fsp3) is 0.450. The number of rotatable bonds is 5. The highest BCUT2D eigenvalue weighted by Gasteiger charge is 2.56. The molecule has 0 radical (unpaired) electrons. The molecule has 148 valence electrons. The zero-order chi connectivity index (χ0) is 20.2. The standard InChI is InChI=1S/C20H23N3O5/c1-20(2)22-10-14-12(11-5-3-4-6-13(11)21-14)9-16(22)18(26)23(20)15(19(27)28)7-8-17(24)25/h3-6,15-16,21H,7-10H2,1-2H3,(H,24,25)(H,27,28)/t15-,16-/m0/s1. The lowest BCUT2D eigenvalue weighted by molar-refractivity contribution is -0.154. The van der Waals surface area contributed by atoms with Gasteiger partial charge in [0.05, 0.1) is 11.7 Å². The van der Waals surface area contributed by atoms with Crippen LogP contribution < -0.4 is 0 Å². The highest BCUT2D eigenvalue weighted by atomic mass is 16.4. The molecular formula is C20H23N3O5. The molecule has 1 fully saturated rings. The van der Waals surface area contributed by atoms with E-state index in [1.54, 1.807) is 0 Å². The van der Waals surface area contributed by atoms with Crippen LogP contribution >= 0.6 is 0 Å². The maximum atomic E-state index is 13.3. The van der Waals surface area contributed by atoms with Gasteiger partial charge in [-0.1, -0.05) is 18.2 Å². The summed E-state index contributed by atoms with van der Waals surface area (Å²) in [6, 6.07) is 6.33. The first kappa shape index (κ1) is 18.5. The van der Waals surface area contributed by atoms with Crippen LogP contribution in [0, 0.1) is 0 Å². The summed E-state index contributed by atoms with van der Waals surface area (Å²) in [6.07, 6.45) is 0.0865. The number of carboxylic acids is 2. The second-order valence-electron chi connectivity index (χ2n) is 7.96. The van der Waals surface area contributed by atoms with Gasteiger partial charge in [-0.3, -0.25) is 14.5 Å². The van der Waals surface area contributed by atoms with Crippen molar-refractivity contribution >= 4 is 28.7 Å². The average Bonchev–Trinajstić information content (AvgIpc) is 3.08. The topological polar surface area (TPSA) is 114 Å². The highest BCUT2D eigenvalue weighted by molar-refractivity contribution is 5.92. The van der Waals surface area contributed by atoms with E-state index in [1.807, 2.05) is 43.0 Å². The van der Waals surface area contributed by atoms with E-state index in [0.29, 0.717) is 13.0 Å². The van der Waals surface area contributed by atoms with E-state index in [4.69, 9.17) is 5.11 Å². The molecule has 1 aromatic carbocycles. The molecular weight excluding hydrogens is 362 g/mol. The predicted octanol–water partition coefficient (Wildman–Crippen LogP) is 1.79. The number of hydrogen-bond acceptors (Lipinski definition) is 4. The molecule has 2 aliphatic heterocycles. The Morgan fingerprint density at radius 3 is 2.68 bits per heavy atom. The third-order valence-electron chi connectivity index (χ3n) is 6.05. The zero-order valence-corrected chi connectivity index (χ0v) is 15.8. The van der Waals surface area contributed by atoms with E-state index < -0.39 is 29.7 Å². The molecule has 1 amide bonds. The van der Waals surface area contributed by atoms with Crippen molar-refractivity contribution in [3.63, 3.8) is 0 Å². The van der Waals surface area contributed by atoms with Gasteiger partial charge >= 0.3 is 11.9 Å². The number of hydrogen-bond donors (Lipinski definition) is 3. The molecule has 0 saturated carbocycles. The van der Waals surface area contributed by atoms with Crippen LogP contribution in [0.4, 0.5) is 0 Å². The van der Waals surface area contributed by atoms with Gasteiger partial charge in [0.2, 0.25) is 5.91 Å². The molecule has 2 aliphatic rings. The van der Waals surface area contributed by atoms with Crippen molar-refractivity contribution in [3.8, 4) is 0 Å². The van der Waals surface area contributed by atoms with Crippen LogP contribution in [0.5, 0.6) is 0 Å². The van der Waals surface area contributed by atoms with Crippen molar-refractivity contribution in [2.75, 3.05) is 0 Å². The molecule has 28 heavy (non-hydrogen) atoms. The largest absolute Gasteiger partial charge is 0.481 e. The monoisotopic (exact) mass is 385 g/mol. The quantitative estimate of drug-likeness (QED) is 0.723. The summed E-state index contributed by atoms with van der Waals surface area (Å²) < 4.78 is 0. The number of carbonyl (C=O) groups excluding carboxylic acids is 1. The van der Waals surface area contributed by atoms with Crippen LogP contribution in [0.1, 0.15) is 37.9 Å². The van der Waals surface area contributed by atoms with Crippen LogP contribution in [-0.4, -0.2) is 60.6 Å². The summed E-state index contributed by atoms with van der Waals surface area (Å²) in [6.45, 7) is 4.17. The number of aromatic nitrogens is 1. The van der Waals surface area contributed by atoms with Gasteiger partial charge in [0.1, 0.15) is 6.04 Å². The summed E-state index contributed by atoms with van der Waals surface area (Å²) in [5, 5.41) is 19.7. The van der Waals surface area contributed by atoms with Crippen LogP contribution in [0.2, 0.25) is 0 Å². The van der Waals surface area contributed by atoms with Gasteiger partial charge in [-0.05, 0) is 38.3 Å². The summed E-state index contributed by atoms with van der Waals surface area (Å²) in [5.74, 6) is -2.50. The molecule has 3 N–H and O–H groups in total. The molecule has 0 unspecified atom stereocenters. The summed E-state index contributed by atoms with van der Waals surface area (Å²) in [5.41, 5.74) is 2.33. The van der Waals surface area contributed by atoms with E-state index in [0.717, 1.165) is 22.2 Å². The number of para-hydroxylation sites is 1. The number of aromatic amines is 1. The average molecular weight is 385 g/mol. The molecule has 2 aromatic rings. The van der Waals surface area contributed by atoms with Gasteiger partial charge in [0, 0.05) is 29.6 Å². The number of nitrogens with one attached hydrogen (secondary N) is 1. The molecule has 1 saturated heterocycles. The Kier molecular flexibility index (Phi) is 4.19. The van der Waals surface area contributed by atoms with Gasteiger partial charge in [-0.2, -0.15) is 0 Å².